The molecule has 0 spiro atoms. The zero-order chi connectivity index (χ0) is 13.2. The molecule has 0 saturated carbocycles. The maximum absolute atomic E-state index is 12.0. The van der Waals surface area contributed by atoms with Crippen LogP contribution in [0.3, 0.4) is 0 Å². The van der Waals surface area contributed by atoms with Gasteiger partial charge in [-0.25, -0.2) is 4.68 Å². The van der Waals surface area contributed by atoms with E-state index in [1.54, 1.807) is 12.3 Å². The SMILES string of the molecule is CCn1cc(Cn2nc3c(cc2=O)CNCC3)cn1. The number of hydrogen-bond acceptors (Lipinski definition) is 4. The Balaban J connectivity index is 1.90. The normalized spacial score (nSPS) is 14.4. The molecule has 1 aliphatic heterocycles. The quantitative estimate of drug-likeness (QED) is 0.852. The van der Waals surface area contributed by atoms with Crippen molar-refractivity contribution in [1.29, 1.82) is 0 Å². The number of aryl methyl sites for hydroxylation is 1. The minimum atomic E-state index is -0.0494. The van der Waals surface area contributed by atoms with Gasteiger partial charge in [-0.3, -0.25) is 9.48 Å². The predicted molar refractivity (Wildman–Crippen MR) is 70.9 cm³/mol. The second-order valence-electron chi connectivity index (χ2n) is 4.74. The van der Waals surface area contributed by atoms with E-state index in [2.05, 4.69) is 15.5 Å². The molecule has 2 aromatic heterocycles. The Morgan fingerprint density at radius 2 is 2.37 bits per heavy atom. The summed E-state index contributed by atoms with van der Waals surface area (Å²) in [4.78, 5) is 12.0. The highest BCUT2D eigenvalue weighted by Crippen LogP contribution is 2.08. The largest absolute Gasteiger partial charge is 0.312 e. The Hall–Kier alpha value is -1.95. The molecular weight excluding hydrogens is 242 g/mol. The molecule has 100 valence electrons. The standard InChI is InChI=1S/C13H17N5O/c1-2-17-8-10(6-15-17)9-18-13(19)5-11-7-14-4-3-12(11)16-18/h5-6,8,14H,2-4,7,9H2,1H3. The van der Waals surface area contributed by atoms with Gasteiger partial charge in [0.25, 0.3) is 5.56 Å². The summed E-state index contributed by atoms with van der Waals surface area (Å²) in [5.74, 6) is 0. The van der Waals surface area contributed by atoms with Crippen LogP contribution < -0.4 is 10.9 Å². The van der Waals surface area contributed by atoms with Crippen LogP contribution in [0.5, 0.6) is 0 Å². The minimum Gasteiger partial charge on any atom is -0.312 e. The first kappa shape index (κ1) is 12.1. The fourth-order valence-electron chi connectivity index (χ4n) is 2.31. The molecule has 2 aromatic rings. The van der Waals surface area contributed by atoms with E-state index in [0.717, 1.165) is 42.9 Å². The van der Waals surface area contributed by atoms with Crippen molar-refractivity contribution in [3.63, 3.8) is 0 Å². The molecule has 0 fully saturated rings. The van der Waals surface area contributed by atoms with Gasteiger partial charge in [0, 0.05) is 43.9 Å². The van der Waals surface area contributed by atoms with Crippen LogP contribution >= 0.6 is 0 Å². The van der Waals surface area contributed by atoms with Crippen LogP contribution in [0.2, 0.25) is 0 Å². The Morgan fingerprint density at radius 1 is 1.47 bits per heavy atom. The lowest BCUT2D eigenvalue weighted by atomic mass is 10.1. The molecule has 3 heterocycles. The molecule has 0 amide bonds. The third-order valence-electron chi connectivity index (χ3n) is 3.36. The van der Waals surface area contributed by atoms with Crippen LogP contribution in [0.15, 0.2) is 23.3 Å². The highest BCUT2D eigenvalue weighted by atomic mass is 16.1. The summed E-state index contributed by atoms with van der Waals surface area (Å²) in [5.41, 5.74) is 3.01. The molecule has 1 N–H and O–H groups in total. The molecule has 0 aromatic carbocycles. The number of nitrogens with zero attached hydrogens (tertiary/aromatic N) is 4. The lowest BCUT2D eigenvalue weighted by Crippen LogP contribution is -2.31. The molecule has 6 heteroatoms. The van der Waals surface area contributed by atoms with Crippen molar-refractivity contribution >= 4 is 0 Å². The van der Waals surface area contributed by atoms with Crippen molar-refractivity contribution in [2.75, 3.05) is 6.54 Å². The van der Waals surface area contributed by atoms with Gasteiger partial charge in [0.2, 0.25) is 0 Å². The van der Waals surface area contributed by atoms with Gasteiger partial charge in [0.1, 0.15) is 0 Å². The summed E-state index contributed by atoms with van der Waals surface area (Å²) < 4.78 is 3.38. The topological polar surface area (TPSA) is 64.7 Å². The summed E-state index contributed by atoms with van der Waals surface area (Å²) in [6.07, 6.45) is 4.62. The fraction of sp³-hybridized carbons (Fsp3) is 0.462. The monoisotopic (exact) mass is 259 g/mol. The molecular formula is C13H17N5O. The van der Waals surface area contributed by atoms with Crippen molar-refractivity contribution in [1.82, 2.24) is 24.9 Å². The number of aromatic nitrogens is 4. The Labute approximate surface area is 111 Å². The summed E-state index contributed by atoms with van der Waals surface area (Å²) in [5, 5.41) is 11.9. The van der Waals surface area contributed by atoms with Gasteiger partial charge in [-0.05, 0) is 12.5 Å². The zero-order valence-corrected chi connectivity index (χ0v) is 11.0. The first-order valence-electron chi connectivity index (χ1n) is 6.58. The van der Waals surface area contributed by atoms with E-state index in [4.69, 9.17) is 0 Å². The summed E-state index contributed by atoms with van der Waals surface area (Å²) in [6, 6.07) is 1.69. The van der Waals surface area contributed by atoms with Crippen molar-refractivity contribution in [3.8, 4) is 0 Å². The summed E-state index contributed by atoms with van der Waals surface area (Å²) in [6.45, 7) is 5.02. The molecule has 0 unspecified atom stereocenters. The van der Waals surface area contributed by atoms with Crippen molar-refractivity contribution in [2.45, 2.75) is 33.0 Å². The Bertz CT molecular complexity index is 643. The molecule has 0 bridgehead atoms. The average molecular weight is 259 g/mol. The van der Waals surface area contributed by atoms with Crippen LogP contribution in [-0.2, 0) is 26.1 Å². The maximum atomic E-state index is 12.0. The van der Waals surface area contributed by atoms with E-state index >= 15 is 0 Å². The van der Waals surface area contributed by atoms with Crippen LogP contribution in [-0.4, -0.2) is 26.1 Å². The second-order valence-corrected chi connectivity index (χ2v) is 4.74. The number of rotatable bonds is 3. The van der Waals surface area contributed by atoms with Gasteiger partial charge in [-0.15, -0.1) is 0 Å². The van der Waals surface area contributed by atoms with E-state index < -0.39 is 0 Å². The van der Waals surface area contributed by atoms with Gasteiger partial charge in [0.05, 0.1) is 18.4 Å². The van der Waals surface area contributed by atoms with E-state index in [1.165, 1.54) is 4.68 Å². The lowest BCUT2D eigenvalue weighted by molar-refractivity contribution is 0.562. The number of fused-ring (bicyclic) bond motifs is 1. The highest BCUT2D eigenvalue weighted by molar-refractivity contribution is 5.20. The van der Waals surface area contributed by atoms with E-state index in [0.29, 0.717) is 6.54 Å². The van der Waals surface area contributed by atoms with E-state index in [9.17, 15) is 4.79 Å². The summed E-state index contributed by atoms with van der Waals surface area (Å²) in [7, 11) is 0. The van der Waals surface area contributed by atoms with Crippen molar-refractivity contribution in [2.24, 2.45) is 0 Å². The predicted octanol–water partition coefficient (Wildman–Crippen LogP) is 0.154. The molecule has 3 rings (SSSR count). The summed E-state index contributed by atoms with van der Waals surface area (Å²) >= 11 is 0. The maximum Gasteiger partial charge on any atom is 0.267 e. The van der Waals surface area contributed by atoms with Gasteiger partial charge in [-0.1, -0.05) is 0 Å². The van der Waals surface area contributed by atoms with Crippen LogP contribution in [0.1, 0.15) is 23.7 Å². The first-order valence-corrected chi connectivity index (χ1v) is 6.58. The lowest BCUT2D eigenvalue weighted by Gasteiger charge is -2.16. The van der Waals surface area contributed by atoms with Crippen molar-refractivity contribution < 1.29 is 0 Å². The average Bonchev–Trinajstić information content (AvgIpc) is 2.87. The second kappa shape index (κ2) is 4.97. The van der Waals surface area contributed by atoms with E-state index in [-0.39, 0.29) is 5.56 Å². The van der Waals surface area contributed by atoms with Gasteiger partial charge in [-0.2, -0.15) is 10.2 Å². The molecule has 19 heavy (non-hydrogen) atoms. The molecule has 0 radical (unpaired) electrons. The molecule has 0 atom stereocenters. The minimum absolute atomic E-state index is 0.0494. The Kier molecular flexibility index (Phi) is 3.16. The highest BCUT2D eigenvalue weighted by Gasteiger charge is 2.13. The number of hydrogen-bond donors (Lipinski definition) is 1. The zero-order valence-electron chi connectivity index (χ0n) is 11.0. The van der Waals surface area contributed by atoms with Crippen LogP contribution in [0.4, 0.5) is 0 Å². The first-order chi connectivity index (χ1) is 9.26. The van der Waals surface area contributed by atoms with Gasteiger partial charge >= 0.3 is 0 Å². The van der Waals surface area contributed by atoms with E-state index in [1.807, 2.05) is 17.8 Å². The van der Waals surface area contributed by atoms with Crippen molar-refractivity contribution in [3.05, 3.63) is 45.6 Å². The van der Waals surface area contributed by atoms with Gasteiger partial charge < -0.3 is 5.32 Å². The molecule has 6 nitrogen and oxygen atoms in total. The third-order valence-corrected chi connectivity index (χ3v) is 3.36. The molecule has 0 saturated heterocycles. The molecule has 1 aliphatic rings. The Morgan fingerprint density at radius 3 is 3.16 bits per heavy atom. The fourth-order valence-corrected chi connectivity index (χ4v) is 2.31. The van der Waals surface area contributed by atoms with Gasteiger partial charge in [0.15, 0.2) is 0 Å². The smallest absolute Gasteiger partial charge is 0.267 e. The molecule has 0 aliphatic carbocycles. The van der Waals surface area contributed by atoms with Crippen LogP contribution in [0.25, 0.3) is 0 Å². The third kappa shape index (κ3) is 2.44. The number of nitrogens with one attached hydrogen (secondary N) is 1. The van der Waals surface area contributed by atoms with Crippen LogP contribution in [0, 0.1) is 0 Å².